The molecule has 0 aliphatic carbocycles. The average Bonchev–Trinajstić information content (AvgIpc) is 2.99. The quantitative estimate of drug-likeness (QED) is 0.522. The molecule has 22 heavy (non-hydrogen) atoms. The first-order valence-electron chi connectivity index (χ1n) is 6.97. The van der Waals surface area contributed by atoms with Crippen LogP contribution in [0.15, 0.2) is 76.2 Å². The molecule has 0 aliphatic heterocycles. The molecular weight excluding hydrogens is 290 g/mol. The molecule has 108 valence electrons. The number of nitrogens with zero attached hydrogens (tertiary/aromatic N) is 3. The fraction of sp³-hybridized carbons (Fsp3) is 0.0556. The van der Waals surface area contributed by atoms with E-state index in [2.05, 4.69) is 15.2 Å². The summed E-state index contributed by atoms with van der Waals surface area (Å²) in [5.74, 6) is 0. The van der Waals surface area contributed by atoms with Gasteiger partial charge in [-0.25, -0.2) is 4.98 Å². The minimum Gasteiger partial charge on any atom is -0.240 e. The van der Waals surface area contributed by atoms with Crippen LogP contribution in [0.2, 0.25) is 0 Å². The van der Waals surface area contributed by atoms with Crippen LogP contribution in [-0.2, 0) is 0 Å². The average molecular weight is 305 g/mol. The highest BCUT2D eigenvalue weighted by Crippen LogP contribution is 2.11. The molecule has 0 radical (unpaired) electrons. The van der Waals surface area contributed by atoms with E-state index in [1.807, 2.05) is 73.0 Å². The Balaban J connectivity index is 1.95. The van der Waals surface area contributed by atoms with E-state index < -0.39 is 0 Å². The summed E-state index contributed by atoms with van der Waals surface area (Å²) in [7, 11) is 0. The molecule has 2 aromatic carbocycles. The summed E-state index contributed by atoms with van der Waals surface area (Å²) in [6, 6.07) is 20.1. The summed E-state index contributed by atoms with van der Waals surface area (Å²) < 4.78 is 0. The van der Waals surface area contributed by atoms with Gasteiger partial charge in [0.05, 0.1) is 16.9 Å². The molecule has 0 spiro atoms. The molecule has 0 saturated carbocycles. The van der Waals surface area contributed by atoms with E-state index in [4.69, 9.17) is 0 Å². The monoisotopic (exact) mass is 305 g/mol. The number of thiazole rings is 1. The number of hydrogen-bond acceptors (Lipinski definition) is 4. The molecule has 3 nitrogen and oxygen atoms in total. The minimum absolute atomic E-state index is 0.840. The van der Waals surface area contributed by atoms with Crippen molar-refractivity contribution in [2.75, 3.05) is 0 Å². The van der Waals surface area contributed by atoms with Crippen LogP contribution in [0.1, 0.15) is 21.8 Å². The Kier molecular flexibility index (Phi) is 4.51. The van der Waals surface area contributed by atoms with Gasteiger partial charge in [-0.15, -0.1) is 16.4 Å². The Morgan fingerprint density at radius 2 is 1.55 bits per heavy atom. The molecule has 3 rings (SSSR count). The van der Waals surface area contributed by atoms with Crippen LogP contribution in [0.4, 0.5) is 0 Å². The SMILES string of the molecule is Cc1nc(/C=N\N=C(c2ccccc2)c2ccccc2)cs1. The topological polar surface area (TPSA) is 37.6 Å². The first kappa shape index (κ1) is 14.4. The number of benzene rings is 2. The maximum Gasteiger partial charge on any atom is 0.100 e. The number of rotatable bonds is 4. The highest BCUT2D eigenvalue weighted by atomic mass is 32.1. The van der Waals surface area contributed by atoms with Gasteiger partial charge in [-0.1, -0.05) is 60.7 Å². The standard InChI is InChI=1S/C18H15N3S/c1-14-20-17(13-22-14)12-19-21-18(15-8-4-2-5-9-15)16-10-6-3-7-11-16/h2-13H,1H3/b19-12-. The Labute approximate surface area is 133 Å². The molecule has 0 unspecified atom stereocenters. The molecular formula is C18H15N3S. The van der Waals surface area contributed by atoms with E-state index in [1.165, 1.54) is 0 Å². The predicted octanol–water partition coefficient (Wildman–Crippen LogP) is 4.32. The molecule has 3 aromatic rings. The van der Waals surface area contributed by atoms with Crippen molar-refractivity contribution < 1.29 is 0 Å². The first-order chi connectivity index (χ1) is 10.8. The van der Waals surface area contributed by atoms with E-state index in [-0.39, 0.29) is 0 Å². The van der Waals surface area contributed by atoms with Crippen LogP contribution < -0.4 is 0 Å². The highest BCUT2D eigenvalue weighted by Gasteiger charge is 2.05. The van der Waals surface area contributed by atoms with Crippen molar-refractivity contribution in [2.45, 2.75) is 6.92 Å². The van der Waals surface area contributed by atoms with Crippen molar-refractivity contribution >= 4 is 23.3 Å². The highest BCUT2D eigenvalue weighted by molar-refractivity contribution is 7.09. The minimum atomic E-state index is 0.840. The van der Waals surface area contributed by atoms with Gasteiger partial charge in [0.25, 0.3) is 0 Å². The van der Waals surface area contributed by atoms with Crippen LogP contribution in [0, 0.1) is 6.92 Å². The summed E-state index contributed by atoms with van der Waals surface area (Å²) in [6.07, 6.45) is 1.69. The number of hydrogen-bond donors (Lipinski definition) is 0. The van der Waals surface area contributed by atoms with Crippen molar-refractivity contribution in [3.05, 3.63) is 87.9 Å². The maximum absolute atomic E-state index is 4.42. The van der Waals surface area contributed by atoms with Gasteiger partial charge < -0.3 is 0 Å². The second kappa shape index (κ2) is 6.91. The summed E-state index contributed by atoms with van der Waals surface area (Å²) in [5.41, 5.74) is 3.77. The van der Waals surface area contributed by atoms with E-state index in [9.17, 15) is 0 Å². The Bertz CT molecular complexity index is 748. The van der Waals surface area contributed by atoms with Gasteiger partial charge >= 0.3 is 0 Å². The number of aryl methyl sites for hydroxylation is 1. The lowest BCUT2D eigenvalue weighted by atomic mass is 10.0. The van der Waals surface area contributed by atoms with E-state index in [0.717, 1.165) is 27.5 Å². The zero-order chi connectivity index (χ0) is 15.2. The van der Waals surface area contributed by atoms with Crippen molar-refractivity contribution in [3.8, 4) is 0 Å². The zero-order valence-corrected chi connectivity index (χ0v) is 13.0. The molecule has 4 heteroatoms. The lowest BCUT2D eigenvalue weighted by Gasteiger charge is -2.04. The predicted molar refractivity (Wildman–Crippen MR) is 93.0 cm³/mol. The maximum atomic E-state index is 4.42. The van der Waals surface area contributed by atoms with Crippen molar-refractivity contribution in [3.63, 3.8) is 0 Å². The van der Waals surface area contributed by atoms with Crippen molar-refractivity contribution in [2.24, 2.45) is 10.2 Å². The molecule has 0 aliphatic rings. The second-order valence-corrected chi connectivity index (χ2v) is 5.78. The smallest absolute Gasteiger partial charge is 0.100 e. The third-order valence-electron chi connectivity index (χ3n) is 3.08. The fourth-order valence-corrected chi connectivity index (χ4v) is 2.62. The van der Waals surface area contributed by atoms with Gasteiger partial charge in [0.15, 0.2) is 0 Å². The van der Waals surface area contributed by atoms with Crippen LogP contribution in [0.25, 0.3) is 0 Å². The summed E-state index contributed by atoms with van der Waals surface area (Å²) in [6.45, 7) is 1.98. The van der Waals surface area contributed by atoms with E-state index in [0.29, 0.717) is 0 Å². The van der Waals surface area contributed by atoms with Gasteiger partial charge in [0.1, 0.15) is 5.71 Å². The lowest BCUT2D eigenvalue weighted by Crippen LogP contribution is -2.02. The van der Waals surface area contributed by atoms with Crippen molar-refractivity contribution in [1.29, 1.82) is 0 Å². The van der Waals surface area contributed by atoms with Gasteiger partial charge in [0.2, 0.25) is 0 Å². The molecule has 0 fully saturated rings. The Morgan fingerprint density at radius 3 is 2.05 bits per heavy atom. The van der Waals surface area contributed by atoms with Crippen LogP contribution >= 0.6 is 11.3 Å². The molecule has 0 N–H and O–H groups in total. The van der Waals surface area contributed by atoms with Gasteiger partial charge in [-0.3, -0.25) is 0 Å². The normalized spacial score (nSPS) is 10.8. The molecule has 0 bridgehead atoms. The van der Waals surface area contributed by atoms with Gasteiger partial charge in [0, 0.05) is 16.5 Å². The fourth-order valence-electron chi connectivity index (χ4n) is 2.06. The summed E-state index contributed by atoms with van der Waals surface area (Å²) in [4.78, 5) is 4.35. The first-order valence-corrected chi connectivity index (χ1v) is 7.85. The third kappa shape index (κ3) is 3.54. The molecule has 0 atom stereocenters. The summed E-state index contributed by atoms with van der Waals surface area (Å²) >= 11 is 1.61. The van der Waals surface area contributed by atoms with Gasteiger partial charge in [-0.2, -0.15) is 5.10 Å². The Hall–Kier alpha value is -2.59. The molecule has 0 amide bonds. The van der Waals surface area contributed by atoms with E-state index in [1.54, 1.807) is 17.6 Å². The van der Waals surface area contributed by atoms with E-state index >= 15 is 0 Å². The lowest BCUT2D eigenvalue weighted by molar-refractivity contribution is 1.22. The van der Waals surface area contributed by atoms with Gasteiger partial charge in [-0.05, 0) is 6.92 Å². The van der Waals surface area contributed by atoms with Crippen LogP contribution in [0.3, 0.4) is 0 Å². The number of aromatic nitrogens is 1. The zero-order valence-electron chi connectivity index (χ0n) is 12.2. The summed E-state index contributed by atoms with van der Waals surface area (Å²) in [5, 5.41) is 11.6. The third-order valence-corrected chi connectivity index (χ3v) is 3.87. The second-order valence-electron chi connectivity index (χ2n) is 4.72. The van der Waals surface area contributed by atoms with Crippen molar-refractivity contribution in [1.82, 2.24) is 4.98 Å². The molecule has 1 aromatic heterocycles. The van der Waals surface area contributed by atoms with Crippen LogP contribution in [0.5, 0.6) is 0 Å². The van der Waals surface area contributed by atoms with Crippen LogP contribution in [-0.4, -0.2) is 16.9 Å². The molecule has 0 saturated heterocycles. The Morgan fingerprint density at radius 1 is 0.955 bits per heavy atom. The molecule has 1 heterocycles. The largest absolute Gasteiger partial charge is 0.240 e.